The SMILES string of the molecule is COc1ccc(C(=O)Nc2nc3c(Cl)c(Cl)ccc3s2)cc1. The molecule has 0 saturated carbocycles. The van der Waals surface area contributed by atoms with Crippen molar-refractivity contribution in [1.82, 2.24) is 4.98 Å². The largest absolute Gasteiger partial charge is 0.497 e. The number of thiazole rings is 1. The topological polar surface area (TPSA) is 51.2 Å². The lowest BCUT2D eigenvalue weighted by atomic mass is 10.2. The van der Waals surface area contributed by atoms with Gasteiger partial charge >= 0.3 is 0 Å². The van der Waals surface area contributed by atoms with Gasteiger partial charge in [0.15, 0.2) is 5.13 Å². The lowest BCUT2D eigenvalue weighted by Gasteiger charge is -2.03. The molecule has 0 saturated heterocycles. The Morgan fingerprint density at radius 2 is 1.91 bits per heavy atom. The number of fused-ring (bicyclic) bond motifs is 1. The lowest BCUT2D eigenvalue weighted by Crippen LogP contribution is -2.11. The fraction of sp³-hybridized carbons (Fsp3) is 0.0667. The highest BCUT2D eigenvalue weighted by atomic mass is 35.5. The number of nitrogens with one attached hydrogen (secondary N) is 1. The van der Waals surface area contributed by atoms with E-state index in [1.165, 1.54) is 11.3 Å². The first-order valence-corrected chi connectivity index (χ1v) is 7.85. The predicted molar refractivity (Wildman–Crippen MR) is 90.6 cm³/mol. The van der Waals surface area contributed by atoms with Crippen molar-refractivity contribution in [3.8, 4) is 5.75 Å². The van der Waals surface area contributed by atoms with Crippen molar-refractivity contribution in [2.75, 3.05) is 12.4 Å². The second kappa shape index (κ2) is 6.12. The van der Waals surface area contributed by atoms with Crippen LogP contribution < -0.4 is 10.1 Å². The number of anilines is 1. The van der Waals surface area contributed by atoms with Crippen molar-refractivity contribution in [3.63, 3.8) is 0 Å². The molecule has 0 aliphatic carbocycles. The standard InChI is InChI=1S/C15H10Cl2N2O2S/c1-21-9-4-2-8(3-5-9)14(20)19-15-18-13-11(22-15)7-6-10(16)12(13)17/h2-7H,1H3,(H,18,19,20). The average Bonchev–Trinajstić information content (AvgIpc) is 2.94. The van der Waals surface area contributed by atoms with Gasteiger partial charge in [-0.05, 0) is 36.4 Å². The molecular weight excluding hydrogens is 343 g/mol. The van der Waals surface area contributed by atoms with E-state index in [-0.39, 0.29) is 5.91 Å². The summed E-state index contributed by atoms with van der Waals surface area (Å²) in [4.78, 5) is 16.5. The molecular formula is C15H10Cl2N2O2S. The Balaban J connectivity index is 1.85. The maximum atomic E-state index is 12.2. The highest BCUT2D eigenvalue weighted by Crippen LogP contribution is 2.35. The van der Waals surface area contributed by atoms with Crippen molar-refractivity contribution in [3.05, 3.63) is 52.0 Å². The van der Waals surface area contributed by atoms with Gasteiger partial charge in [0, 0.05) is 5.56 Å². The minimum Gasteiger partial charge on any atom is -0.497 e. The first kappa shape index (κ1) is 15.1. The molecule has 112 valence electrons. The highest BCUT2D eigenvalue weighted by Gasteiger charge is 2.13. The number of amides is 1. The van der Waals surface area contributed by atoms with Crippen LogP contribution in [0.25, 0.3) is 10.2 Å². The first-order valence-electron chi connectivity index (χ1n) is 6.28. The molecule has 2 aromatic carbocycles. The van der Waals surface area contributed by atoms with E-state index in [0.717, 1.165) is 4.70 Å². The van der Waals surface area contributed by atoms with Crippen molar-refractivity contribution in [1.29, 1.82) is 0 Å². The maximum absolute atomic E-state index is 12.2. The summed E-state index contributed by atoms with van der Waals surface area (Å²) in [6.07, 6.45) is 0. The summed E-state index contributed by atoms with van der Waals surface area (Å²) in [7, 11) is 1.57. The Morgan fingerprint density at radius 3 is 2.59 bits per heavy atom. The van der Waals surface area contributed by atoms with E-state index in [1.54, 1.807) is 37.4 Å². The lowest BCUT2D eigenvalue weighted by molar-refractivity contribution is 0.102. The normalized spacial score (nSPS) is 10.7. The minimum atomic E-state index is -0.246. The van der Waals surface area contributed by atoms with Gasteiger partial charge in [-0.15, -0.1) is 0 Å². The number of nitrogens with zero attached hydrogens (tertiary/aromatic N) is 1. The van der Waals surface area contributed by atoms with Gasteiger partial charge in [0.2, 0.25) is 0 Å². The molecule has 0 radical (unpaired) electrons. The number of ether oxygens (including phenoxy) is 1. The van der Waals surface area contributed by atoms with E-state index in [0.29, 0.717) is 32.0 Å². The highest BCUT2D eigenvalue weighted by molar-refractivity contribution is 7.22. The van der Waals surface area contributed by atoms with E-state index in [9.17, 15) is 4.79 Å². The number of methoxy groups -OCH3 is 1. The molecule has 1 heterocycles. The number of rotatable bonds is 3. The van der Waals surface area contributed by atoms with Gasteiger partial charge < -0.3 is 4.74 Å². The molecule has 7 heteroatoms. The Kier molecular flexibility index (Phi) is 4.20. The number of carbonyl (C=O) groups is 1. The van der Waals surface area contributed by atoms with Crippen LogP contribution in [0.3, 0.4) is 0 Å². The Bertz CT molecular complexity index is 847. The summed E-state index contributed by atoms with van der Waals surface area (Å²) in [6, 6.07) is 10.4. The van der Waals surface area contributed by atoms with E-state index in [1.807, 2.05) is 6.07 Å². The molecule has 22 heavy (non-hydrogen) atoms. The fourth-order valence-corrected chi connectivity index (χ4v) is 3.19. The number of aromatic nitrogens is 1. The fourth-order valence-electron chi connectivity index (χ4n) is 1.90. The molecule has 0 unspecified atom stereocenters. The summed E-state index contributed by atoms with van der Waals surface area (Å²) < 4.78 is 5.92. The van der Waals surface area contributed by atoms with Crippen molar-refractivity contribution in [2.45, 2.75) is 0 Å². The number of benzene rings is 2. The molecule has 0 aliphatic rings. The zero-order valence-electron chi connectivity index (χ0n) is 11.4. The monoisotopic (exact) mass is 352 g/mol. The van der Waals surface area contributed by atoms with Crippen LogP contribution in [-0.2, 0) is 0 Å². The minimum absolute atomic E-state index is 0.246. The van der Waals surface area contributed by atoms with Gasteiger partial charge in [-0.25, -0.2) is 4.98 Å². The van der Waals surface area contributed by atoms with Crippen molar-refractivity contribution < 1.29 is 9.53 Å². The second-order valence-electron chi connectivity index (χ2n) is 4.41. The zero-order chi connectivity index (χ0) is 15.7. The number of hydrogen-bond acceptors (Lipinski definition) is 4. The van der Waals surface area contributed by atoms with Crippen LogP contribution in [-0.4, -0.2) is 18.0 Å². The van der Waals surface area contributed by atoms with Gasteiger partial charge in [-0.3, -0.25) is 10.1 Å². The van der Waals surface area contributed by atoms with Crippen LogP contribution in [0.1, 0.15) is 10.4 Å². The maximum Gasteiger partial charge on any atom is 0.257 e. The molecule has 0 atom stereocenters. The molecule has 3 aromatic rings. The molecule has 1 amide bonds. The first-order chi connectivity index (χ1) is 10.6. The van der Waals surface area contributed by atoms with E-state index >= 15 is 0 Å². The summed E-state index contributed by atoms with van der Waals surface area (Å²) >= 11 is 13.4. The Morgan fingerprint density at radius 1 is 1.18 bits per heavy atom. The summed E-state index contributed by atoms with van der Waals surface area (Å²) in [6.45, 7) is 0. The molecule has 1 N–H and O–H groups in total. The molecule has 4 nitrogen and oxygen atoms in total. The third kappa shape index (κ3) is 2.88. The Hall–Kier alpha value is -1.82. The van der Waals surface area contributed by atoms with E-state index in [4.69, 9.17) is 27.9 Å². The van der Waals surface area contributed by atoms with Gasteiger partial charge in [0.25, 0.3) is 5.91 Å². The summed E-state index contributed by atoms with van der Waals surface area (Å²) in [5.41, 5.74) is 1.10. The molecule has 0 aliphatic heterocycles. The molecule has 3 rings (SSSR count). The molecule has 0 bridgehead atoms. The van der Waals surface area contributed by atoms with Gasteiger partial charge in [0.1, 0.15) is 11.3 Å². The number of carbonyl (C=O) groups excluding carboxylic acids is 1. The average molecular weight is 353 g/mol. The molecule has 1 aromatic heterocycles. The predicted octanol–water partition coefficient (Wildman–Crippen LogP) is 4.86. The summed E-state index contributed by atoms with van der Waals surface area (Å²) in [5, 5.41) is 4.06. The van der Waals surface area contributed by atoms with E-state index in [2.05, 4.69) is 10.3 Å². The van der Waals surface area contributed by atoms with Crippen molar-refractivity contribution >= 4 is 55.8 Å². The van der Waals surface area contributed by atoms with Crippen LogP contribution in [0.5, 0.6) is 5.75 Å². The zero-order valence-corrected chi connectivity index (χ0v) is 13.7. The van der Waals surface area contributed by atoms with Crippen LogP contribution in [0.4, 0.5) is 5.13 Å². The quantitative estimate of drug-likeness (QED) is 0.731. The number of hydrogen-bond donors (Lipinski definition) is 1. The van der Waals surface area contributed by atoms with Crippen LogP contribution in [0.2, 0.25) is 10.0 Å². The van der Waals surface area contributed by atoms with Gasteiger partial charge in [0.05, 0.1) is 21.9 Å². The van der Waals surface area contributed by atoms with Gasteiger partial charge in [-0.2, -0.15) is 0 Å². The number of halogens is 2. The van der Waals surface area contributed by atoms with Crippen LogP contribution in [0.15, 0.2) is 36.4 Å². The second-order valence-corrected chi connectivity index (χ2v) is 6.23. The molecule has 0 spiro atoms. The van der Waals surface area contributed by atoms with E-state index < -0.39 is 0 Å². The Labute approximate surface area is 140 Å². The molecule has 0 fully saturated rings. The van der Waals surface area contributed by atoms with Crippen LogP contribution in [0, 0.1) is 0 Å². The smallest absolute Gasteiger partial charge is 0.257 e. The van der Waals surface area contributed by atoms with Crippen LogP contribution >= 0.6 is 34.5 Å². The third-order valence-electron chi connectivity index (χ3n) is 3.02. The third-order valence-corrected chi connectivity index (χ3v) is 4.76. The summed E-state index contributed by atoms with van der Waals surface area (Å²) in [5.74, 6) is 0.446. The van der Waals surface area contributed by atoms with Crippen molar-refractivity contribution in [2.24, 2.45) is 0 Å². The van der Waals surface area contributed by atoms with Gasteiger partial charge in [-0.1, -0.05) is 34.5 Å².